The summed E-state index contributed by atoms with van der Waals surface area (Å²) < 4.78 is 6.58. The van der Waals surface area contributed by atoms with Crippen LogP contribution in [0.25, 0.3) is 5.82 Å². The third-order valence-corrected chi connectivity index (χ3v) is 3.14. The summed E-state index contributed by atoms with van der Waals surface area (Å²) in [7, 11) is 0. The van der Waals surface area contributed by atoms with Crippen molar-refractivity contribution < 1.29 is 14.3 Å². The van der Waals surface area contributed by atoms with Gasteiger partial charge in [0.05, 0.1) is 11.9 Å². The SMILES string of the molecule is Cc1c(C(=O)OCC(=O)NCC(C)C)cnn1-c1ccccn1. The molecule has 7 nitrogen and oxygen atoms in total. The average molecular weight is 316 g/mol. The van der Waals surface area contributed by atoms with E-state index in [1.807, 2.05) is 19.9 Å². The first-order valence-corrected chi connectivity index (χ1v) is 7.39. The second-order valence-electron chi connectivity index (χ2n) is 5.52. The van der Waals surface area contributed by atoms with Crippen molar-refractivity contribution in [2.75, 3.05) is 13.2 Å². The minimum Gasteiger partial charge on any atom is -0.452 e. The molecule has 0 atom stereocenters. The van der Waals surface area contributed by atoms with Gasteiger partial charge < -0.3 is 10.1 Å². The van der Waals surface area contributed by atoms with Crippen LogP contribution in [-0.2, 0) is 9.53 Å². The molecular formula is C16H20N4O3. The Labute approximate surface area is 134 Å². The predicted molar refractivity (Wildman–Crippen MR) is 84.2 cm³/mol. The molecule has 7 heteroatoms. The summed E-state index contributed by atoms with van der Waals surface area (Å²) >= 11 is 0. The van der Waals surface area contributed by atoms with Crippen molar-refractivity contribution in [2.24, 2.45) is 5.92 Å². The van der Waals surface area contributed by atoms with E-state index in [9.17, 15) is 9.59 Å². The standard InChI is InChI=1S/C16H20N4O3/c1-11(2)8-18-15(21)10-23-16(22)13-9-19-20(12(13)3)14-6-4-5-7-17-14/h4-7,9,11H,8,10H2,1-3H3,(H,18,21). The fourth-order valence-corrected chi connectivity index (χ4v) is 1.90. The Kier molecular flexibility index (Phi) is 5.46. The van der Waals surface area contributed by atoms with E-state index in [1.54, 1.807) is 29.9 Å². The third-order valence-electron chi connectivity index (χ3n) is 3.14. The third kappa shape index (κ3) is 4.38. The highest BCUT2D eigenvalue weighted by molar-refractivity contribution is 5.92. The molecule has 2 aromatic rings. The molecule has 1 N–H and O–H groups in total. The number of rotatable bonds is 6. The number of ether oxygens (including phenoxy) is 1. The van der Waals surface area contributed by atoms with Gasteiger partial charge in [-0.25, -0.2) is 14.5 Å². The molecule has 0 aromatic carbocycles. The highest BCUT2D eigenvalue weighted by Crippen LogP contribution is 2.13. The van der Waals surface area contributed by atoms with Crippen LogP contribution in [0.4, 0.5) is 0 Å². The van der Waals surface area contributed by atoms with Gasteiger partial charge in [-0.15, -0.1) is 0 Å². The van der Waals surface area contributed by atoms with Gasteiger partial charge in [-0.1, -0.05) is 19.9 Å². The normalized spacial score (nSPS) is 10.6. The number of hydrogen-bond donors (Lipinski definition) is 1. The van der Waals surface area contributed by atoms with Crippen molar-refractivity contribution >= 4 is 11.9 Å². The summed E-state index contributed by atoms with van der Waals surface area (Å²) in [5.74, 6) is 0.0541. The van der Waals surface area contributed by atoms with Gasteiger partial charge in [-0.2, -0.15) is 5.10 Å². The first-order chi connectivity index (χ1) is 11.0. The minimum atomic E-state index is -0.579. The minimum absolute atomic E-state index is 0.306. The number of nitrogens with one attached hydrogen (secondary N) is 1. The molecule has 1 amide bonds. The van der Waals surface area contributed by atoms with Crippen molar-refractivity contribution in [2.45, 2.75) is 20.8 Å². The lowest BCUT2D eigenvalue weighted by Crippen LogP contribution is -2.31. The van der Waals surface area contributed by atoms with E-state index in [4.69, 9.17) is 4.74 Å². The van der Waals surface area contributed by atoms with Crippen LogP contribution in [0.3, 0.4) is 0 Å². The zero-order valence-corrected chi connectivity index (χ0v) is 13.4. The fraction of sp³-hybridized carbons (Fsp3) is 0.375. The number of aromatic nitrogens is 3. The molecule has 122 valence electrons. The Morgan fingerprint density at radius 3 is 2.78 bits per heavy atom. The Balaban J connectivity index is 1.98. The Bertz CT molecular complexity index is 680. The van der Waals surface area contributed by atoms with Gasteiger partial charge >= 0.3 is 5.97 Å². The number of nitrogens with zero attached hydrogens (tertiary/aromatic N) is 3. The molecule has 0 unspecified atom stereocenters. The lowest BCUT2D eigenvalue weighted by molar-refractivity contribution is -0.124. The summed E-state index contributed by atoms with van der Waals surface area (Å²) in [5.41, 5.74) is 0.920. The zero-order chi connectivity index (χ0) is 16.8. The molecular weight excluding hydrogens is 296 g/mol. The van der Waals surface area contributed by atoms with Crippen molar-refractivity contribution in [1.82, 2.24) is 20.1 Å². The van der Waals surface area contributed by atoms with E-state index >= 15 is 0 Å². The molecule has 0 aliphatic carbocycles. The highest BCUT2D eigenvalue weighted by atomic mass is 16.5. The van der Waals surface area contributed by atoms with Gasteiger partial charge in [0.25, 0.3) is 5.91 Å². The quantitative estimate of drug-likeness (QED) is 0.816. The topological polar surface area (TPSA) is 86.1 Å². The Hall–Kier alpha value is -2.70. The van der Waals surface area contributed by atoms with Crippen molar-refractivity contribution in [1.29, 1.82) is 0 Å². The van der Waals surface area contributed by atoms with E-state index in [2.05, 4.69) is 15.4 Å². The van der Waals surface area contributed by atoms with Crippen LogP contribution in [0.5, 0.6) is 0 Å². The molecule has 0 aliphatic rings. The molecule has 2 heterocycles. The maximum Gasteiger partial charge on any atom is 0.342 e. The molecule has 23 heavy (non-hydrogen) atoms. The van der Waals surface area contributed by atoms with E-state index in [0.29, 0.717) is 29.5 Å². The number of amides is 1. The van der Waals surface area contributed by atoms with Crippen LogP contribution >= 0.6 is 0 Å². The first-order valence-electron chi connectivity index (χ1n) is 7.39. The Morgan fingerprint density at radius 1 is 1.35 bits per heavy atom. The number of hydrogen-bond acceptors (Lipinski definition) is 5. The van der Waals surface area contributed by atoms with Gasteiger partial charge in [-0.3, -0.25) is 4.79 Å². The summed E-state index contributed by atoms with van der Waals surface area (Å²) in [6.07, 6.45) is 3.06. The van der Waals surface area contributed by atoms with Crippen LogP contribution in [0, 0.1) is 12.8 Å². The number of pyridine rings is 1. The van der Waals surface area contributed by atoms with E-state index in [1.165, 1.54) is 6.20 Å². The molecule has 0 bridgehead atoms. The molecule has 0 fully saturated rings. The van der Waals surface area contributed by atoms with E-state index < -0.39 is 5.97 Å². The number of esters is 1. The highest BCUT2D eigenvalue weighted by Gasteiger charge is 2.18. The molecule has 0 saturated heterocycles. The van der Waals surface area contributed by atoms with E-state index in [0.717, 1.165) is 0 Å². The second-order valence-corrected chi connectivity index (χ2v) is 5.52. The molecule has 0 radical (unpaired) electrons. The van der Waals surface area contributed by atoms with Gasteiger partial charge in [0.1, 0.15) is 5.56 Å². The first kappa shape index (κ1) is 16.7. The number of carbonyl (C=O) groups is 2. The molecule has 0 aliphatic heterocycles. The molecule has 2 rings (SSSR count). The average Bonchev–Trinajstić information content (AvgIpc) is 2.93. The van der Waals surface area contributed by atoms with Crippen LogP contribution in [0.2, 0.25) is 0 Å². The van der Waals surface area contributed by atoms with Crippen molar-refractivity contribution in [3.05, 3.63) is 41.9 Å². The van der Waals surface area contributed by atoms with Crippen molar-refractivity contribution in [3.8, 4) is 5.82 Å². The molecule has 2 aromatic heterocycles. The lowest BCUT2D eigenvalue weighted by atomic mass is 10.2. The number of carbonyl (C=O) groups excluding carboxylic acids is 2. The van der Waals surface area contributed by atoms with Gasteiger partial charge in [0.15, 0.2) is 12.4 Å². The zero-order valence-electron chi connectivity index (χ0n) is 13.4. The summed E-state index contributed by atoms with van der Waals surface area (Å²) in [6.45, 7) is 5.97. The lowest BCUT2D eigenvalue weighted by Gasteiger charge is -2.08. The summed E-state index contributed by atoms with van der Waals surface area (Å²) in [5, 5.41) is 6.83. The Morgan fingerprint density at radius 2 is 2.13 bits per heavy atom. The van der Waals surface area contributed by atoms with Crippen LogP contribution in [0.1, 0.15) is 29.9 Å². The van der Waals surface area contributed by atoms with Crippen molar-refractivity contribution in [3.63, 3.8) is 0 Å². The second kappa shape index (κ2) is 7.53. The van der Waals surface area contributed by atoms with E-state index in [-0.39, 0.29) is 12.5 Å². The van der Waals surface area contributed by atoms with Gasteiger partial charge in [0, 0.05) is 12.7 Å². The van der Waals surface area contributed by atoms with Crippen LogP contribution in [-0.4, -0.2) is 39.8 Å². The maximum absolute atomic E-state index is 12.1. The maximum atomic E-state index is 12.1. The largest absolute Gasteiger partial charge is 0.452 e. The summed E-state index contributed by atoms with van der Waals surface area (Å²) in [4.78, 5) is 27.8. The van der Waals surface area contributed by atoms with Gasteiger partial charge in [0.2, 0.25) is 0 Å². The molecule has 0 spiro atoms. The fourth-order valence-electron chi connectivity index (χ4n) is 1.90. The van der Waals surface area contributed by atoms with Gasteiger partial charge in [-0.05, 0) is 25.0 Å². The predicted octanol–water partition coefficient (Wildman–Crippen LogP) is 1.50. The summed E-state index contributed by atoms with van der Waals surface area (Å²) in [6, 6.07) is 5.42. The van der Waals surface area contributed by atoms with Crippen LogP contribution in [0.15, 0.2) is 30.6 Å². The monoisotopic (exact) mass is 316 g/mol. The molecule has 0 saturated carbocycles. The van der Waals surface area contributed by atoms with Crippen LogP contribution < -0.4 is 5.32 Å². The smallest absolute Gasteiger partial charge is 0.342 e.